The number of rotatable bonds is 4. The summed E-state index contributed by atoms with van der Waals surface area (Å²) < 4.78 is 1.75. The van der Waals surface area contributed by atoms with Crippen LogP contribution in [0.25, 0.3) is 10.9 Å². The molecule has 0 saturated carbocycles. The van der Waals surface area contributed by atoms with E-state index < -0.39 is 0 Å². The average Bonchev–Trinajstić information content (AvgIpc) is 2.79. The van der Waals surface area contributed by atoms with Crippen LogP contribution in [0.5, 0.6) is 0 Å². The fourth-order valence-corrected chi connectivity index (χ4v) is 3.95. The van der Waals surface area contributed by atoms with Crippen LogP contribution in [0.4, 0.5) is 5.95 Å². The topological polar surface area (TPSA) is 51.0 Å². The zero-order valence-electron chi connectivity index (χ0n) is 16.2. The Morgan fingerprint density at radius 2 is 1.72 bits per heavy atom. The van der Waals surface area contributed by atoms with Gasteiger partial charge in [0.2, 0.25) is 5.95 Å². The van der Waals surface area contributed by atoms with E-state index in [2.05, 4.69) is 46.3 Å². The maximum absolute atomic E-state index is 12.9. The lowest BCUT2D eigenvalue weighted by Gasteiger charge is -2.28. The molecule has 0 spiro atoms. The van der Waals surface area contributed by atoms with Crippen molar-refractivity contribution in [3.8, 4) is 0 Å². The Bertz CT molecular complexity index is 1220. The van der Waals surface area contributed by atoms with Crippen molar-refractivity contribution >= 4 is 16.9 Å². The minimum atomic E-state index is -0.0334. The lowest BCUT2D eigenvalue weighted by Crippen LogP contribution is -2.32. The van der Waals surface area contributed by atoms with Gasteiger partial charge in [-0.3, -0.25) is 4.79 Å². The van der Waals surface area contributed by atoms with Crippen LogP contribution in [0.2, 0.25) is 0 Å². The highest BCUT2D eigenvalue weighted by Gasteiger charge is 2.18. The Morgan fingerprint density at radius 1 is 0.931 bits per heavy atom. The van der Waals surface area contributed by atoms with Crippen molar-refractivity contribution in [1.82, 2.24) is 14.5 Å². The molecule has 0 unspecified atom stereocenters. The van der Waals surface area contributed by atoms with Crippen LogP contribution in [-0.2, 0) is 25.9 Å². The van der Waals surface area contributed by atoms with Crippen molar-refractivity contribution in [3.63, 3.8) is 0 Å². The molecule has 4 aromatic rings. The Labute approximate surface area is 169 Å². The zero-order chi connectivity index (χ0) is 19.6. The highest BCUT2D eigenvalue weighted by atomic mass is 16.1. The van der Waals surface area contributed by atoms with Crippen molar-refractivity contribution in [1.29, 1.82) is 0 Å². The summed E-state index contributed by atoms with van der Waals surface area (Å²) in [5.41, 5.74) is 4.60. The monoisotopic (exact) mass is 382 g/mol. The van der Waals surface area contributed by atoms with Gasteiger partial charge in [0.25, 0.3) is 5.56 Å². The second kappa shape index (κ2) is 7.51. The molecule has 0 saturated heterocycles. The van der Waals surface area contributed by atoms with Gasteiger partial charge in [-0.2, -0.15) is 0 Å². The van der Waals surface area contributed by atoms with Crippen molar-refractivity contribution in [2.75, 3.05) is 11.4 Å². The number of pyridine rings is 1. The SMILES string of the molecule is O=c1c2cnc(N3CCc4ccccc4C3)nc2ccn1CCc1ccccc1. The first-order valence-corrected chi connectivity index (χ1v) is 10.00. The van der Waals surface area contributed by atoms with E-state index in [0.29, 0.717) is 23.4 Å². The van der Waals surface area contributed by atoms with E-state index in [9.17, 15) is 4.79 Å². The smallest absolute Gasteiger partial charge is 0.261 e. The molecule has 0 amide bonds. The molecule has 5 rings (SSSR count). The molecule has 2 aromatic heterocycles. The third-order valence-electron chi connectivity index (χ3n) is 5.61. The quantitative estimate of drug-likeness (QED) is 0.541. The predicted molar refractivity (Wildman–Crippen MR) is 115 cm³/mol. The lowest BCUT2D eigenvalue weighted by atomic mass is 10.0. The van der Waals surface area contributed by atoms with Crippen LogP contribution in [0.1, 0.15) is 16.7 Å². The van der Waals surface area contributed by atoms with Gasteiger partial charge in [0, 0.05) is 32.0 Å². The highest BCUT2D eigenvalue weighted by Crippen LogP contribution is 2.22. The van der Waals surface area contributed by atoms with Gasteiger partial charge < -0.3 is 9.47 Å². The number of nitrogens with zero attached hydrogens (tertiary/aromatic N) is 4. The van der Waals surface area contributed by atoms with E-state index in [-0.39, 0.29) is 5.56 Å². The molecule has 0 atom stereocenters. The van der Waals surface area contributed by atoms with Crippen LogP contribution in [0.3, 0.4) is 0 Å². The summed E-state index contributed by atoms with van der Waals surface area (Å²) in [5, 5.41) is 0.571. The van der Waals surface area contributed by atoms with Gasteiger partial charge in [0.05, 0.1) is 10.9 Å². The van der Waals surface area contributed by atoms with E-state index >= 15 is 0 Å². The van der Waals surface area contributed by atoms with E-state index in [0.717, 1.165) is 25.9 Å². The molecule has 3 heterocycles. The van der Waals surface area contributed by atoms with E-state index in [4.69, 9.17) is 4.98 Å². The number of benzene rings is 2. The highest BCUT2D eigenvalue weighted by molar-refractivity contribution is 5.77. The van der Waals surface area contributed by atoms with E-state index in [1.807, 2.05) is 30.5 Å². The summed E-state index contributed by atoms with van der Waals surface area (Å²) in [5.74, 6) is 0.688. The van der Waals surface area contributed by atoms with Crippen LogP contribution in [0.15, 0.2) is 77.9 Å². The van der Waals surface area contributed by atoms with E-state index in [1.54, 1.807) is 10.8 Å². The van der Waals surface area contributed by atoms with E-state index in [1.165, 1.54) is 16.7 Å². The molecule has 1 aliphatic heterocycles. The number of hydrogen-bond acceptors (Lipinski definition) is 4. The summed E-state index contributed by atoms with van der Waals surface area (Å²) in [4.78, 5) is 24.3. The van der Waals surface area contributed by atoms with Crippen molar-refractivity contribution in [2.45, 2.75) is 25.9 Å². The van der Waals surface area contributed by atoms with Gasteiger partial charge in [-0.25, -0.2) is 9.97 Å². The third-order valence-corrected chi connectivity index (χ3v) is 5.61. The molecule has 0 fully saturated rings. The summed E-state index contributed by atoms with van der Waals surface area (Å²) in [6.45, 7) is 2.33. The summed E-state index contributed by atoms with van der Waals surface area (Å²) in [6, 6.07) is 20.6. The maximum Gasteiger partial charge on any atom is 0.261 e. The van der Waals surface area contributed by atoms with Crippen molar-refractivity contribution in [3.05, 3.63) is 100 Å². The summed E-state index contributed by atoms with van der Waals surface area (Å²) >= 11 is 0. The molecule has 0 N–H and O–H groups in total. The predicted octanol–water partition coefficient (Wildman–Crippen LogP) is 3.60. The fourth-order valence-electron chi connectivity index (χ4n) is 3.95. The van der Waals surface area contributed by atoms with Gasteiger partial charge in [0.15, 0.2) is 0 Å². The third kappa shape index (κ3) is 3.51. The molecule has 144 valence electrons. The number of fused-ring (bicyclic) bond motifs is 2. The first-order valence-electron chi connectivity index (χ1n) is 10.00. The lowest BCUT2D eigenvalue weighted by molar-refractivity contribution is 0.674. The standard InChI is InChI=1S/C24H22N4O/c29-23-21-16-25-24(28-14-11-19-8-4-5-9-20(19)17-28)26-22(21)12-15-27(23)13-10-18-6-2-1-3-7-18/h1-9,12,15-16H,10-11,13-14,17H2. The minimum absolute atomic E-state index is 0.0334. The molecule has 0 radical (unpaired) electrons. The zero-order valence-corrected chi connectivity index (χ0v) is 16.2. The number of hydrogen-bond donors (Lipinski definition) is 0. The number of anilines is 1. The normalized spacial score (nSPS) is 13.4. The Hall–Kier alpha value is -3.47. The minimum Gasteiger partial charge on any atom is -0.336 e. The van der Waals surface area contributed by atoms with Gasteiger partial charge in [0.1, 0.15) is 0 Å². The second-order valence-electron chi connectivity index (χ2n) is 7.46. The molecular weight excluding hydrogens is 360 g/mol. The molecule has 2 aromatic carbocycles. The molecule has 0 bridgehead atoms. The number of aryl methyl sites for hydroxylation is 2. The second-order valence-corrected chi connectivity index (χ2v) is 7.46. The maximum atomic E-state index is 12.9. The van der Waals surface area contributed by atoms with Gasteiger partial charge >= 0.3 is 0 Å². The van der Waals surface area contributed by atoms with Crippen LogP contribution in [0, 0.1) is 0 Å². The first-order chi connectivity index (χ1) is 14.3. The Kier molecular flexibility index (Phi) is 4.56. The van der Waals surface area contributed by atoms with Gasteiger partial charge in [-0.15, -0.1) is 0 Å². The van der Waals surface area contributed by atoms with Gasteiger partial charge in [-0.05, 0) is 35.6 Å². The number of aromatic nitrogens is 3. The molecule has 5 nitrogen and oxygen atoms in total. The van der Waals surface area contributed by atoms with Crippen LogP contribution >= 0.6 is 0 Å². The van der Waals surface area contributed by atoms with Gasteiger partial charge in [-0.1, -0.05) is 54.6 Å². The molecule has 1 aliphatic rings. The summed E-state index contributed by atoms with van der Waals surface area (Å²) in [7, 11) is 0. The summed E-state index contributed by atoms with van der Waals surface area (Å²) in [6.07, 6.45) is 5.33. The Morgan fingerprint density at radius 3 is 2.59 bits per heavy atom. The average molecular weight is 382 g/mol. The molecule has 29 heavy (non-hydrogen) atoms. The largest absolute Gasteiger partial charge is 0.336 e. The van der Waals surface area contributed by atoms with Crippen LogP contribution < -0.4 is 10.5 Å². The molecule has 0 aliphatic carbocycles. The van der Waals surface area contributed by atoms with Crippen molar-refractivity contribution < 1.29 is 0 Å². The first kappa shape index (κ1) is 17.6. The van der Waals surface area contributed by atoms with Crippen LogP contribution in [-0.4, -0.2) is 21.1 Å². The fraction of sp³-hybridized carbons (Fsp3) is 0.208. The molecular formula is C24H22N4O. The molecule has 5 heteroatoms. The Balaban J connectivity index is 1.39. The van der Waals surface area contributed by atoms with Crippen molar-refractivity contribution in [2.24, 2.45) is 0 Å².